The minimum absolute atomic E-state index is 0.156. The molecule has 0 aliphatic rings. The quantitative estimate of drug-likeness (QED) is 0.509. The van der Waals surface area contributed by atoms with Crippen molar-refractivity contribution in [2.45, 2.75) is 57.8 Å². The zero-order chi connectivity index (χ0) is 21.4. The molecule has 156 valence electrons. The average Bonchev–Trinajstić information content (AvgIpc) is 2.71. The van der Waals surface area contributed by atoms with E-state index in [4.69, 9.17) is 0 Å². The summed E-state index contributed by atoms with van der Waals surface area (Å²) in [5.74, 6) is -2.93. The van der Waals surface area contributed by atoms with E-state index in [0.717, 1.165) is 12.0 Å². The summed E-state index contributed by atoms with van der Waals surface area (Å²) in [7, 11) is 0. The molecule has 2 aromatic carbocycles. The molecule has 4 heteroatoms. The third-order valence-corrected chi connectivity index (χ3v) is 6.05. The Hall–Kier alpha value is -2.62. The number of rotatable bonds is 11. The Morgan fingerprint density at radius 2 is 1.38 bits per heavy atom. The fourth-order valence-electron chi connectivity index (χ4n) is 4.34. The van der Waals surface area contributed by atoms with Crippen LogP contribution in [0.2, 0.25) is 0 Å². The number of hydrogen-bond acceptors (Lipinski definition) is 2. The maximum atomic E-state index is 12.0. The predicted molar refractivity (Wildman–Crippen MR) is 115 cm³/mol. The Bertz CT molecular complexity index is 787. The fraction of sp³-hybridized carbons (Fsp3) is 0.440. The molecule has 0 fully saturated rings. The number of hydrogen-bond donors (Lipinski definition) is 2. The van der Waals surface area contributed by atoms with E-state index in [-0.39, 0.29) is 17.8 Å². The van der Waals surface area contributed by atoms with Gasteiger partial charge < -0.3 is 10.2 Å². The van der Waals surface area contributed by atoms with Crippen molar-refractivity contribution in [2.24, 2.45) is 11.8 Å². The first-order valence-corrected chi connectivity index (χ1v) is 10.3. The van der Waals surface area contributed by atoms with Crippen molar-refractivity contribution >= 4 is 11.9 Å². The second kappa shape index (κ2) is 10.2. The normalized spacial score (nSPS) is 16.4. The van der Waals surface area contributed by atoms with Gasteiger partial charge in [0.1, 0.15) is 0 Å². The highest BCUT2D eigenvalue weighted by Crippen LogP contribution is 2.41. The molecule has 4 unspecified atom stereocenters. The van der Waals surface area contributed by atoms with Gasteiger partial charge in [-0.3, -0.25) is 9.59 Å². The van der Waals surface area contributed by atoms with E-state index in [0.29, 0.717) is 12.8 Å². The number of carbonyl (C=O) groups is 2. The van der Waals surface area contributed by atoms with Crippen LogP contribution in [-0.2, 0) is 15.0 Å². The van der Waals surface area contributed by atoms with Gasteiger partial charge in [0.15, 0.2) is 0 Å². The molecule has 0 aliphatic carbocycles. The van der Waals surface area contributed by atoms with Crippen molar-refractivity contribution in [1.29, 1.82) is 0 Å². The molecular weight excluding hydrogens is 364 g/mol. The van der Waals surface area contributed by atoms with Crippen LogP contribution in [0.3, 0.4) is 0 Å². The summed E-state index contributed by atoms with van der Waals surface area (Å²) < 4.78 is 0. The third-order valence-electron chi connectivity index (χ3n) is 6.05. The molecular formula is C25H32O4. The smallest absolute Gasteiger partial charge is 0.306 e. The van der Waals surface area contributed by atoms with E-state index in [1.54, 1.807) is 6.92 Å². The van der Waals surface area contributed by atoms with Crippen LogP contribution in [0.1, 0.15) is 63.5 Å². The lowest BCUT2D eigenvalue weighted by atomic mass is 9.68. The minimum Gasteiger partial charge on any atom is -0.481 e. The Labute approximate surface area is 173 Å². The van der Waals surface area contributed by atoms with E-state index < -0.39 is 23.8 Å². The monoisotopic (exact) mass is 396 g/mol. The summed E-state index contributed by atoms with van der Waals surface area (Å²) in [4.78, 5) is 23.5. The van der Waals surface area contributed by atoms with Crippen molar-refractivity contribution in [3.05, 3.63) is 71.8 Å². The highest BCUT2D eigenvalue weighted by atomic mass is 16.4. The maximum Gasteiger partial charge on any atom is 0.306 e. The van der Waals surface area contributed by atoms with E-state index in [1.807, 2.05) is 48.5 Å². The molecule has 0 amide bonds. The topological polar surface area (TPSA) is 74.6 Å². The Morgan fingerprint density at radius 1 is 0.862 bits per heavy atom. The van der Waals surface area contributed by atoms with Crippen molar-refractivity contribution in [3.63, 3.8) is 0 Å². The first kappa shape index (κ1) is 22.7. The predicted octanol–water partition coefficient (Wildman–Crippen LogP) is 5.73. The molecule has 2 N–H and O–H groups in total. The molecule has 2 rings (SSSR count). The standard InChI is InChI=1S/C25H32O4/c1-4-19(23(26)27)15-21(24(28)29)17-25(3,22-13-9-6-10-14-22)16-18(2)20-11-7-5-8-12-20/h5-14,18-19,21H,4,15-17H2,1-3H3,(H,26,27)(H,28,29). The molecule has 0 heterocycles. The number of benzene rings is 2. The number of aliphatic carboxylic acids is 2. The summed E-state index contributed by atoms with van der Waals surface area (Å²) in [6.07, 6.45) is 1.78. The second-order valence-electron chi connectivity index (χ2n) is 8.36. The molecule has 2 aromatic rings. The van der Waals surface area contributed by atoms with Gasteiger partial charge in [0, 0.05) is 0 Å². The van der Waals surface area contributed by atoms with Gasteiger partial charge in [-0.2, -0.15) is 0 Å². The fourth-order valence-corrected chi connectivity index (χ4v) is 4.34. The zero-order valence-corrected chi connectivity index (χ0v) is 17.5. The van der Waals surface area contributed by atoms with E-state index in [1.165, 1.54) is 5.56 Å². The number of carboxylic acid groups (broad SMARTS) is 2. The molecule has 0 aliphatic heterocycles. The first-order chi connectivity index (χ1) is 13.8. The van der Waals surface area contributed by atoms with Crippen LogP contribution in [0.5, 0.6) is 0 Å². The lowest BCUT2D eigenvalue weighted by molar-refractivity contribution is -0.146. The van der Waals surface area contributed by atoms with Gasteiger partial charge in [-0.1, -0.05) is 81.4 Å². The average molecular weight is 397 g/mol. The van der Waals surface area contributed by atoms with Crippen LogP contribution in [-0.4, -0.2) is 22.2 Å². The van der Waals surface area contributed by atoms with Gasteiger partial charge in [-0.25, -0.2) is 0 Å². The van der Waals surface area contributed by atoms with E-state index >= 15 is 0 Å². The molecule has 0 saturated heterocycles. The second-order valence-corrected chi connectivity index (χ2v) is 8.36. The molecule has 0 bridgehead atoms. The molecule has 29 heavy (non-hydrogen) atoms. The lowest BCUT2D eigenvalue weighted by Crippen LogP contribution is -2.32. The molecule has 4 atom stereocenters. The van der Waals surface area contributed by atoms with Crippen LogP contribution < -0.4 is 0 Å². The van der Waals surface area contributed by atoms with E-state index in [2.05, 4.69) is 26.0 Å². The lowest BCUT2D eigenvalue weighted by Gasteiger charge is -2.36. The zero-order valence-electron chi connectivity index (χ0n) is 17.5. The van der Waals surface area contributed by atoms with Gasteiger partial charge in [0.05, 0.1) is 11.8 Å². The van der Waals surface area contributed by atoms with Gasteiger partial charge in [0.2, 0.25) is 0 Å². The van der Waals surface area contributed by atoms with Crippen LogP contribution in [0.15, 0.2) is 60.7 Å². The van der Waals surface area contributed by atoms with Gasteiger partial charge >= 0.3 is 11.9 Å². The molecule has 0 spiro atoms. The highest BCUT2D eigenvalue weighted by molar-refractivity contribution is 5.73. The van der Waals surface area contributed by atoms with Crippen LogP contribution >= 0.6 is 0 Å². The minimum atomic E-state index is -0.919. The summed E-state index contributed by atoms with van der Waals surface area (Å²) in [5.41, 5.74) is 1.94. The third kappa shape index (κ3) is 6.18. The van der Waals surface area contributed by atoms with Gasteiger partial charge in [0.25, 0.3) is 0 Å². The molecule has 0 saturated carbocycles. The van der Waals surface area contributed by atoms with Gasteiger partial charge in [-0.15, -0.1) is 0 Å². The largest absolute Gasteiger partial charge is 0.481 e. The van der Waals surface area contributed by atoms with Crippen molar-refractivity contribution in [2.75, 3.05) is 0 Å². The molecule has 0 aromatic heterocycles. The van der Waals surface area contributed by atoms with Crippen LogP contribution in [0.25, 0.3) is 0 Å². The summed E-state index contributed by atoms with van der Waals surface area (Å²) >= 11 is 0. The van der Waals surface area contributed by atoms with Crippen molar-refractivity contribution in [3.8, 4) is 0 Å². The van der Waals surface area contributed by atoms with E-state index in [9.17, 15) is 19.8 Å². The summed E-state index contributed by atoms with van der Waals surface area (Å²) in [6.45, 7) is 6.07. The summed E-state index contributed by atoms with van der Waals surface area (Å²) in [6, 6.07) is 20.2. The Morgan fingerprint density at radius 3 is 1.86 bits per heavy atom. The molecule has 0 radical (unpaired) electrons. The van der Waals surface area contributed by atoms with Crippen LogP contribution in [0.4, 0.5) is 0 Å². The number of carboxylic acids is 2. The van der Waals surface area contributed by atoms with Crippen molar-refractivity contribution < 1.29 is 19.8 Å². The Kier molecular flexibility index (Phi) is 8.00. The van der Waals surface area contributed by atoms with Crippen LogP contribution in [0, 0.1) is 11.8 Å². The highest BCUT2D eigenvalue weighted by Gasteiger charge is 2.36. The first-order valence-electron chi connectivity index (χ1n) is 10.3. The SMILES string of the molecule is CCC(CC(CC(C)(CC(C)c1ccccc1)c1ccccc1)C(=O)O)C(=O)O. The Balaban J connectivity index is 2.33. The maximum absolute atomic E-state index is 12.0. The summed E-state index contributed by atoms with van der Waals surface area (Å²) in [5, 5.41) is 19.3. The van der Waals surface area contributed by atoms with Gasteiger partial charge in [-0.05, 0) is 48.1 Å². The van der Waals surface area contributed by atoms with Crippen molar-refractivity contribution in [1.82, 2.24) is 0 Å². The molecule has 4 nitrogen and oxygen atoms in total.